The molecule has 0 aliphatic rings. The number of rotatable bonds is 5. The van der Waals surface area contributed by atoms with Crippen LogP contribution in [-0.2, 0) is 4.74 Å². The Morgan fingerprint density at radius 3 is 2.21 bits per heavy atom. The average molecular weight is 266 g/mol. The summed E-state index contributed by atoms with van der Waals surface area (Å²) in [5.74, 6) is 0.472. The second-order valence-corrected chi connectivity index (χ2v) is 3.92. The maximum Gasteiger partial charge on any atom is 0.340 e. The Morgan fingerprint density at radius 2 is 1.74 bits per heavy atom. The molecular formula is C13H18N2O4. The van der Waals surface area contributed by atoms with Crippen LogP contribution < -0.4 is 9.47 Å². The first-order valence-electron chi connectivity index (χ1n) is 5.58. The first kappa shape index (κ1) is 14.8. The largest absolute Gasteiger partial charge is 0.493 e. The molecule has 0 amide bonds. The van der Waals surface area contributed by atoms with E-state index in [1.807, 2.05) is 14.1 Å². The minimum absolute atomic E-state index is 0.318. The van der Waals surface area contributed by atoms with Gasteiger partial charge in [0.1, 0.15) is 0 Å². The van der Waals surface area contributed by atoms with Crippen LogP contribution in [-0.4, -0.2) is 52.6 Å². The van der Waals surface area contributed by atoms with E-state index >= 15 is 0 Å². The van der Waals surface area contributed by atoms with Gasteiger partial charge in [-0.2, -0.15) is 0 Å². The molecule has 0 unspecified atom stereocenters. The molecule has 0 atom stereocenters. The van der Waals surface area contributed by atoms with Crippen molar-refractivity contribution in [3.05, 3.63) is 17.7 Å². The second kappa shape index (κ2) is 6.63. The molecule has 1 aromatic rings. The molecule has 0 saturated heterocycles. The second-order valence-electron chi connectivity index (χ2n) is 3.92. The van der Waals surface area contributed by atoms with Crippen LogP contribution >= 0.6 is 0 Å². The van der Waals surface area contributed by atoms with Crippen LogP contribution in [0.2, 0.25) is 0 Å². The predicted octanol–water partition coefficient (Wildman–Crippen LogP) is 1.71. The highest BCUT2D eigenvalue weighted by Crippen LogP contribution is 2.35. The van der Waals surface area contributed by atoms with Gasteiger partial charge in [0.25, 0.3) is 0 Å². The van der Waals surface area contributed by atoms with E-state index in [0.29, 0.717) is 22.7 Å². The average Bonchev–Trinajstić information content (AvgIpc) is 2.42. The predicted molar refractivity (Wildman–Crippen MR) is 72.7 cm³/mol. The SMILES string of the molecule is COC(=O)c1cc(OC)c(OC)cc1N=CN(C)C. The Labute approximate surface area is 112 Å². The fourth-order valence-electron chi connectivity index (χ4n) is 1.43. The Balaban J connectivity index is 3.35. The third kappa shape index (κ3) is 3.61. The summed E-state index contributed by atoms with van der Waals surface area (Å²) in [5, 5.41) is 0. The van der Waals surface area contributed by atoms with Crippen molar-refractivity contribution in [2.24, 2.45) is 4.99 Å². The lowest BCUT2D eigenvalue weighted by atomic mass is 10.1. The monoisotopic (exact) mass is 266 g/mol. The fourth-order valence-corrected chi connectivity index (χ4v) is 1.43. The molecule has 1 rings (SSSR count). The molecular weight excluding hydrogens is 248 g/mol. The van der Waals surface area contributed by atoms with Crippen LogP contribution in [0.4, 0.5) is 5.69 Å². The van der Waals surface area contributed by atoms with Gasteiger partial charge in [0.15, 0.2) is 11.5 Å². The van der Waals surface area contributed by atoms with Crippen molar-refractivity contribution in [1.82, 2.24) is 4.90 Å². The maximum atomic E-state index is 11.7. The Hall–Kier alpha value is -2.24. The quantitative estimate of drug-likeness (QED) is 0.461. The number of esters is 1. The Bertz CT molecular complexity index is 484. The van der Waals surface area contributed by atoms with E-state index in [1.165, 1.54) is 21.3 Å². The fraction of sp³-hybridized carbons (Fsp3) is 0.385. The molecule has 6 nitrogen and oxygen atoms in total. The summed E-state index contributed by atoms with van der Waals surface area (Å²) in [6, 6.07) is 3.18. The summed E-state index contributed by atoms with van der Waals surface area (Å²) in [4.78, 5) is 17.7. The van der Waals surface area contributed by atoms with E-state index in [1.54, 1.807) is 23.4 Å². The number of benzene rings is 1. The summed E-state index contributed by atoms with van der Waals surface area (Å²) >= 11 is 0. The van der Waals surface area contributed by atoms with Crippen molar-refractivity contribution in [3.63, 3.8) is 0 Å². The molecule has 6 heteroatoms. The molecule has 0 aliphatic heterocycles. The molecule has 104 valence electrons. The van der Waals surface area contributed by atoms with Crippen LogP contribution in [0, 0.1) is 0 Å². The Kier molecular flexibility index (Phi) is 5.17. The lowest BCUT2D eigenvalue weighted by Gasteiger charge is -2.12. The van der Waals surface area contributed by atoms with Gasteiger partial charge in [-0.3, -0.25) is 0 Å². The molecule has 0 bridgehead atoms. The Morgan fingerprint density at radius 1 is 1.16 bits per heavy atom. The van der Waals surface area contributed by atoms with Crippen molar-refractivity contribution in [3.8, 4) is 11.5 Å². The summed E-state index contributed by atoms with van der Waals surface area (Å²) in [5.41, 5.74) is 0.774. The van der Waals surface area contributed by atoms with E-state index in [0.717, 1.165) is 0 Å². The third-order valence-electron chi connectivity index (χ3n) is 2.33. The standard InChI is InChI=1S/C13H18N2O4/c1-15(2)8-14-10-7-12(18-4)11(17-3)6-9(10)13(16)19-5/h6-8H,1-5H3. The van der Waals surface area contributed by atoms with Crippen molar-refractivity contribution >= 4 is 18.0 Å². The van der Waals surface area contributed by atoms with Gasteiger partial charge in [-0.15, -0.1) is 0 Å². The number of aliphatic imine (C=N–C) groups is 1. The zero-order valence-electron chi connectivity index (χ0n) is 11.8. The number of carbonyl (C=O) groups excluding carboxylic acids is 1. The number of methoxy groups -OCH3 is 3. The van der Waals surface area contributed by atoms with Gasteiger partial charge in [0.05, 0.1) is 38.9 Å². The highest BCUT2D eigenvalue weighted by Gasteiger charge is 2.16. The van der Waals surface area contributed by atoms with Crippen LogP contribution in [0.5, 0.6) is 11.5 Å². The topological polar surface area (TPSA) is 60.4 Å². The molecule has 1 aromatic carbocycles. The molecule has 0 saturated carbocycles. The van der Waals surface area contributed by atoms with Gasteiger partial charge in [-0.05, 0) is 0 Å². The summed E-state index contributed by atoms with van der Waals surface area (Å²) in [6.45, 7) is 0. The number of hydrogen-bond donors (Lipinski definition) is 0. The van der Waals surface area contributed by atoms with Crippen LogP contribution in [0.1, 0.15) is 10.4 Å². The lowest BCUT2D eigenvalue weighted by molar-refractivity contribution is 0.0601. The van der Waals surface area contributed by atoms with E-state index in [4.69, 9.17) is 14.2 Å². The first-order valence-corrected chi connectivity index (χ1v) is 5.58. The number of nitrogens with zero attached hydrogens (tertiary/aromatic N) is 2. The minimum Gasteiger partial charge on any atom is -0.493 e. The zero-order valence-corrected chi connectivity index (χ0v) is 11.8. The third-order valence-corrected chi connectivity index (χ3v) is 2.33. The maximum absolute atomic E-state index is 11.7. The van der Waals surface area contributed by atoms with E-state index in [9.17, 15) is 4.79 Å². The summed E-state index contributed by atoms with van der Waals surface area (Å²) in [6.07, 6.45) is 1.59. The highest BCUT2D eigenvalue weighted by molar-refractivity contribution is 5.96. The van der Waals surface area contributed by atoms with Gasteiger partial charge in [-0.25, -0.2) is 9.79 Å². The van der Waals surface area contributed by atoms with E-state index < -0.39 is 5.97 Å². The molecule has 0 heterocycles. The molecule has 0 N–H and O–H groups in total. The van der Waals surface area contributed by atoms with Gasteiger partial charge >= 0.3 is 5.97 Å². The van der Waals surface area contributed by atoms with Crippen molar-refractivity contribution in [2.75, 3.05) is 35.4 Å². The first-order chi connectivity index (χ1) is 9.03. The summed E-state index contributed by atoms with van der Waals surface area (Å²) in [7, 11) is 8.01. The number of ether oxygens (including phenoxy) is 3. The molecule has 0 spiro atoms. The van der Waals surface area contributed by atoms with Gasteiger partial charge in [0, 0.05) is 26.2 Å². The normalized spacial score (nSPS) is 10.4. The van der Waals surface area contributed by atoms with Gasteiger partial charge in [0.2, 0.25) is 0 Å². The van der Waals surface area contributed by atoms with Gasteiger partial charge in [-0.1, -0.05) is 0 Å². The van der Waals surface area contributed by atoms with Crippen molar-refractivity contribution < 1.29 is 19.0 Å². The lowest BCUT2D eigenvalue weighted by Crippen LogP contribution is -2.08. The molecule has 0 aliphatic carbocycles. The highest BCUT2D eigenvalue weighted by atomic mass is 16.5. The molecule has 19 heavy (non-hydrogen) atoms. The summed E-state index contributed by atoms with van der Waals surface area (Å²) < 4.78 is 15.1. The molecule has 0 radical (unpaired) electrons. The molecule has 0 aromatic heterocycles. The smallest absolute Gasteiger partial charge is 0.340 e. The van der Waals surface area contributed by atoms with E-state index in [2.05, 4.69) is 4.99 Å². The van der Waals surface area contributed by atoms with Gasteiger partial charge < -0.3 is 19.1 Å². The number of hydrogen-bond acceptors (Lipinski definition) is 5. The molecule has 0 fully saturated rings. The minimum atomic E-state index is -0.480. The van der Waals surface area contributed by atoms with E-state index in [-0.39, 0.29) is 0 Å². The van der Waals surface area contributed by atoms with Crippen molar-refractivity contribution in [1.29, 1.82) is 0 Å². The van der Waals surface area contributed by atoms with Crippen molar-refractivity contribution in [2.45, 2.75) is 0 Å². The van der Waals surface area contributed by atoms with Crippen LogP contribution in [0.25, 0.3) is 0 Å². The zero-order chi connectivity index (χ0) is 14.4. The van der Waals surface area contributed by atoms with Crippen LogP contribution in [0.15, 0.2) is 17.1 Å². The number of carbonyl (C=O) groups is 1. The van der Waals surface area contributed by atoms with Crippen LogP contribution in [0.3, 0.4) is 0 Å².